The van der Waals surface area contributed by atoms with E-state index in [1.807, 2.05) is 32.0 Å². The molecule has 0 fully saturated rings. The van der Waals surface area contributed by atoms with Gasteiger partial charge in [0.05, 0.1) is 22.4 Å². The lowest BCUT2D eigenvalue weighted by Gasteiger charge is -2.09. The number of aromatic hydroxyl groups is 2. The second-order valence-electron chi connectivity index (χ2n) is 7.26. The molecular formula is C23H18F3N3O2. The van der Waals surface area contributed by atoms with Crippen molar-refractivity contribution in [3.05, 3.63) is 77.4 Å². The van der Waals surface area contributed by atoms with E-state index in [2.05, 4.69) is 10.1 Å². The zero-order valence-electron chi connectivity index (χ0n) is 16.6. The Balaban J connectivity index is 1.93. The van der Waals surface area contributed by atoms with Crippen LogP contribution in [-0.2, 0) is 6.18 Å². The monoisotopic (exact) mass is 425 g/mol. The van der Waals surface area contributed by atoms with Gasteiger partial charge in [-0.1, -0.05) is 18.2 Å². The van der Waals surface area contributed by atoms with Crippen molar-refractivity contribution in [2.24, 2.45) is 0 Å². The fraction of sp³-hybridized carbons (Fsp3) is 0.130. The van der Waals surface area contributed by atoms with Gasteiger partial charge in [-0.2, -0.15) is 13.2 Å². The maximum Gasteiger partial charge on any atom is 0.416 e. The lowest BCUT2D eigenvalue weighted by atomic mass is 10.1. The van der Waals surface area contributed by atoms with Gasteiger partial charge in [0.2, 0.25) is 0 Å². The molecule has 31 heavy (non-hydrogen) atoms. The Hall–Kier alpha value is -3.81. The number of nitrogens with zero attached hydrogens (tertiary/aromatic N) is 3. The van der Waals surface area contributed by atoms with E-state index in [-0.39, 0.29) is 23.0 Å². The van der Waals surface area contributed by atoms with Gasteiger partial charge >= 0.3 is 6.18 Å². The van der Waals surface area contributed by atoms with Crippen LogP contribution in [0.3, 0.4) is 0 Å². The molecule has 158 valence electrons. The minimum Gasteiger partial charge on any atom is -0.507 e. The van der Waals surface area contributed by atoms with Gasteiger partial charge in [0.15, 0.2) is 11.6 Å². The molecule has 0 unspecified atom stereocenters. The highest BCUT2D eigenvalue weighted by Crippen LogP contribution is 2.37. The average Bonchev–Trinajstić information content (AvgIpc) is 3.11. The predicted molar refractivity (Wildman–Crippen MR) is 110 cm³/mol. The molecule has 4 rings (SSSR count). The summed E-state index contributed by atoms with van der Waals surface area (Å²) >= 11 is 0. The molecule has 0 aliphatic carbocycles. The summed E-state index contributed by atoms with van der Waals surface area (Å²) in [5.41, 5.74) is 2.10. The maximum absolute atomic E-state index is 13.0. The summed E-state index contributed by atoms with van der Waals surface area (Å²) in [6.07, 6.45) is -4.58. The van der Waals surface area contributed by atoms with Crippen LogP contribution in [-0.4, -0.2) is 25.0 Å². The molecule has 4 aromatic rings. The average molecular weight is 425 g/mol. The number of aryl methyl sites for hydroxylation is 2. The number of aromatic nitrogens is 3. The summed E-state index contributed by atoms with van der Waals surface area (Å²) < 4.78 is 40.4. The van der Waals surface area contributed by atoms with Crippen molar-refractivity contribution in [1.29, 1.82) is 0 Å². The molecule has 1 heterocycles. The molecule has 0 atom stereocenters. The van der Waals surface area contributed by atoms with Crippen molar-refractivity contribution in [2.75, 3.05) is 0 Å². The third-order valence-corrected chi connectivity index (χ3v) is 4.77. The summed E-state index contributed by atoms with van der Waals surface area (Å²) in [7, 11) is 0. The van der Waals surface area contributed by atoms with Crippen molar-refractivity contribution in [3.63, 3.8) is 0 Å². The number of rotatable bonds is 3. The Kier molecular flexibility index (Phi) is 4.93. The normalized spacial score (nSPS) is 11.6. The molecule has 0 aliphatic heterocycles. The molecule has 0 radical (unpaired) electrons. The second kappa shape index (κ2) is 7.46. The summed E-state index contributed by atoms with van der Waals surface area (Å²) in [6, 6.07) is 14.9. The van der Waals surface area contributed by atoms with Crippen molar-refractivity contribution in [3.8, 4) is 40.0 Å². The first-order valence-electron chi connectivity index (χ1n) is 9.38. The smallest absolute Gasteiger partial charge is 0.416 e. The van der Waals surface area contributed by atoms with Crippen LogP contribution in [0, 0.1) is 13.8 Å². The molecule has 8 heteroatoms. The quantitative estimate of drug-likeness (QED) is 0.445. The van der Waals surface area contributed by atoms with Gasteiger partial charge in [-0.3, -0.25) is 0 Å². The predicted octanol–water partition coefficient (Wildman–Crippen LogP) is 5.65. The number of halogens is 3. The Bertz CT molecular complexity index is 1260. The summed E-state index contributed by atoms with van der Waals surface area (Å²) in [5, 5.41) is 25.1. The third kappa shape index (κ3) is 3.96. The highest BCUT2D eigenvalue weighted by molar-refractivity contribution is 5.71. The Labute approximate surface area is 176 Å². The number of hydrogen-bond donors (Lipinski definition) is 2. The highest BCUT2D eigenvalue weighted by atomic mass is 19.4. The Morgan fingerprint density at radius 2 is 1.48 bits per heavy atom. The number of alkyl halides is 3. The van der Waals surface area contributed by atoms with E-state index in [0.29, 0.717) is 17.3 Å². The van der Waals surface area contributed by atoms with Gasteiger partial charge in [-0.25, -0.2) is 9.67 Å². The van der Waals surface area contributed by atoms with Crippen molar-refractivity contribution in [1.82, 2.24) is 14.8 Å². The standard InChI is InChI=1S/C23H18F3N3O2/c1-13-9-14(2)11-16(10-13)29-22(18-5-3-4-6-19(18)30)27-21(28-29)17-8-7-15(12-20(17)31)23(24,25)26/h3-12,30-31H,1-2H3. The van der Waals surface area contributed by atoms with Crippen LogP contribution in [0.1, 0.15) is 16.7 Å². The van der Waals surface area contributed by atoms with Gasteiger partial charge in [0.1, 0.15) is 11.5 Å². The van der Waals surface area contributed by atoms with Gasteiger partial charge in [0, 0.05) is 0 Å². The van der Waals surface area contributed by atoms with Gasteiger partial charge in [0.25, 0.3) is 0 Å². The van der Waals surface area contributed by atoms with E-state index >= 15 is 0 Å². The Morgan fingerprint density at radius 1 is 0.806 bits per heavy atom. The molecule has 0 saturated heterocycles. The first kappa shape index (κ1) is 20.5. The van der Waals surface area contributed by atoms with Crippen molar-refractivity contribution in [2.45, 2.75) is 20.0 Å². The number of hydrogen-bond acceptors (Lipinski definition) is 4. The zero-order chi connectivity index (χ0) is 22.3. The largest absolute Gasteiger partial charge is 0.507 e. The number of para-hydroxylation sites is 1. The van der Waals surface area contributed by atoms with Crippen LogP contribution < -0.4 is 0 Å². The minimum atomic E-state index is -4.58. The maximum atomic E-state index is 13.0. The number of phenols is 2. The van der Waals surface area contributed by atoms with E-state index in [0.717, 1.165) is 23.3 Å². The summed E-state index contributed by atoms with van der Waals surface area (Å²) in [4.78, 5) is 4.45. The van der Waals surface area contributed by atoms with E-state index in [4.69, 9.17) is 0 Å². The van der Waals surface area contributed by atoms with E-state index in [1.165, 1.54) is 10.7 Å². The van der Waals surface area contributed by atoms with Crippen LogP contribution in [0.5, 0.6) is 11.5 Å². The molecule has 1 aromatic heterocycles. The zero-order valence-corrected chi connectivity index (χ0v) is 16.6. The lowest BCUT2D eigenvalue weighted by Crippen LogP contribution is -2.04. The number of benzene rings is 3. The fourth-order valence-corrected chi connectivity index (χ4v) is 3.41. The molecule has 2 N–H and O–H groups in total. The second-order valence-corrected chi connectivity index (χ2v) is 7.26. The summed E-state index contributed by atoms with van der Waals surface area (Å²) in [6.45, 7) is 3.85. The van der Waals surface area contributed by atoms with Crippen LogP contribution in [0.25, 0.3) is 28.5 Å². The molecular weight excluding hydrogens is 407 g/mol. The van der Waals surface area contributed by atoms with Gasteiger partial charge < -0.3 is 10.2 Å². The molecule has 0 bridgehead atoms. The Morgan fingerprint density at radius 3 is 2.10 bits per heavy atom. The first-order valence-corrected chi connectivity index (χ1v) is 9.38. The molecule has 0 aliphatic rings. The minimum absolute atomic E-state index is 0.0243. The topological polar surface area (TPSA) is 71.2 Å². The van der Waals surface area contributed by atoms with Crippen LogP contribution in [0.4, 0.5) is 13.2 Å². The van der Waals surface area contributed by atoms with Crippen molar-refractivity contribution < 1.29 is 23.4 Å². The van der Waals surface area contributed by atoms with Gasteiger partial charge in [-0.05, 0) is 67.4 Å². The van der Waals surface area contributed by atoms with Crippen LogP contribution in [0.2, 0.25) is 0 Å². The first-order chi connectivity index (χ1) is 14.6. The van der Waals surface area contributed by atoms with E-state index in [1.54, 1.807) is 18.2 Å². The molecule has 0 spiro atoms. The molecule has 3 aromatic carbocycles. The third-order valence-electron chi connectivity index (χ3n) is 4.77. The SMILES string of the molecule is Cc1cc(C)cc(-n2nc(-c3ccc(C(F)(F)F)cc3O)nc2-c2ccccc2O)c1. The van der Waals surface area contributed by atoms with E-state index < -0.39 is 17.5 Å². The van der Waals surface area contributed by atoms with Crippen LogP contribution >= 0.6 is 0 Å². The summed E-state index contributed by atoms with van der Waals surface area (Å²) in [5.74, 6) is -0.291. The number of phenolic OH excluding ortho intramolecular Hbond substituents is 2. The lowest BCUT2D eigenvalue weighted by molar-refractivity contribution is -0.137. The van der Waals surface area contributed by atoms with E-state index in [9.17, 15) is 23.4 Å². The van der Waals surface area contributed by atoms with Gasteiger partial charge in [-0.15, -0.1) is 5.10 Å². The van der Waals surface area contributed by atoms with Crippen molar-refractivity contribution >= 4 is 0 Å². The molecule has 0 amide bonds. The molecule has 0 saturated carbocycles. The fourth-order valence-electron chi connectivity index (χ4n) is 3.41. The highest BCUT2D eigenvalue weighted by Gasteiger charge is 2.31. The van der Waals surface area contributed by atoms with Crippen LogP contribution in [0.15, 0.2) is 60.7 Å². The molecule has 5 nitrogen and oxygen atoms in total.